The van der Waals surface area contributed by atoms with Crippen LogP contribution >= 0.6 is 0 Å². The van der Waals surface area contributed by atoms with Crippen LogP contribution in [0.1, 0.15) is 105 Å². The number of hydrogen-bond acceptors (Lipinski definition) is 0. The zero-order valence-electron chi connectivity index (χ0n) is 44.8. The predicted molar refractivity (Wildman–Crippen MR) is 319 cm³/mol. The van der Waals surface area contributed by atoms with Crippen LogP contribution in [0.4, 0.5) is 0 Å². The molecule has 0 fully saturated rings. The van der Waals surface area contributed by atoms with Crippen molar-refractivity contribution in [2.24, 2.45) is 0 Å². The second-order valence-electron chi connectivity index (χ2n) is 25.9. The maximum Gasteiger partial charge on any atom is 0.0641 e. The van der Waals surface area contributed by atoms with Crippen LogP contribution in [0.25, 0.3) is 131 Å². The van der Waals surface area contributed by atoms with Crippen LogP contribution in [0.15, 0.2) is 158 Å². The van der Waals surface area contributed by atoms with Crippen molar-refractivity contribution >= 4 is 120 Å². The summed E-state index contributed by atoms with van der Waals surface area (Å²) in [5.74, 6) is 0. The van der Waals surface area contributed by atoms with Crippen molar-refractivity contribution in [2.45, 2.75) is 105 Å². The third kappa shape index (κ3) is 5.69. The molecule has 0 saturated heterocycles. The second kappa shape index (κ2) is 14.1. The molecule has 4 heteroatoms. The number of rotatable bonds is 2. The van der Waals surface area contributed by atoms with Gasteiger partial charge in [0.05, 0.1) is 66.5 Å². The summed E-state index contributed by atoms with van der Waals surface area (Å²) in [5, 5.41) is 15.5. The van der Waals surface area contributed by atoms with E-state index in [1.54, 1.807) is 0 Å². The molecule has 0 aliphatic rings. The lowest BCUT2D eigenvalue weighted by atomic mass is 9.85. The Balaban J connectivity index is 1.03. The highest BCUT2D eigenvalue weighted by Crippen LogP contribution is 2.49. The summed E-state index contributed by atoms with van der Waals surface area (Å²) in [6, 6.07) is 61.6. The first-order chi connectivity index (χ1) is 35.3. The van der Waals surface area contributed by atoms with Gasteiger partial charge in [0.2, 0.25) is 0 Å². The zero-order valence-corrected chi connectivity index (χ0v) is 44.8. The highest BCUT2D eigenvalue weighted by Gasteiger charge is 2.29. The molecule has 0 aliphatic heterocycles. The first-order valence-corrected chi connectivity index (χ1v) is 26.8. The van der Waals surface area contributed by atoms with Crippen molar-refractivity contribution in [1.29, 1.82) is 0 Å². The van der Waals surface area contributed by atoms with Crippen molar-refractivity contribution in [3.8, 4) is 11.4 Å². The van der Waals surface area contributed by atoms with E-state index in [1.165, 1.54) is 153 Å². The van der Waals surface area contributed by atoms with Crippen molar-refractivity contribution in [3.63, 3.8) is 0 Å². The lowest BCUT2D eigenvalue weighted by molar-refractivity contribution is 0.590. The Morgan fingerprint density at radius 1 is 0.243 bits per heavy atom. The fourth-order valence-electron chi connectivity index (χ4n) is 13.3. The summed E-state index contributed by atoms with van der Waals surface area (Å²) in [6.07, 6.45) is 0. The molecule has 0 bridgehead atoms. The van der Waals surface area contributed by atoms with Gasteiger partial charge in [-0.1, -0.05) is 162 Å². The quantitative estimate of drug-likeness (QED) is 0.164. The standard InChI is InChI=1S/C70H62N4/c1-67(2,3)39-22-28-55-48(33-39)43-25-21-42(70(10,11)12)36-60(43)72(55)59-32-27-45-52-38-61-51(37-62(52)74-54-20-16-14-18-47(54)64(59)66(45)74)44-26-31-58(63-46-17-13-15-19-53(46)73(61)65(44)63)71-56-29-23-40(68(4,5)6)34-49(56)50-35-41(69(7,8)9)24-30-57(50)71/h13-38H,1-12H3. The molecular weight excluding hydrogens is 897 g/mol. The van der Waals surface area contributed by atoms with Gasteiger partial charge < -0.3 is 17.9 Å². The smallest absolute Gasteiger partial charge is 0.0641 e. The lowest BCUT2D eigenvalue weighted by Crippen LogP contribution is -2.10. The molecule has 0 aliphatic carbocycles. The molecule has 362 valence electrons. The van der Waals surface area contributed by atoms with Gasteiger partial charge in [-0.2, -0.15) is 0 Å². The molecule has 0 amide bonds. The van der Waals surface area contributed by atoms with E-state index in [2.05, 4.69) is 259 Å². The molecule has 15 aromatic rings. The van der Waals surface area contributed by atoms with E-state index < -0.39 is 0 Å². The van der Waals surface area contributed by atoms with Crippen LogP contribution in [0, 0.1) is 0 Å². The monoisotopic (exact) mass is 958 g/mol. The molecule has 0 spiro atoms. The average molecular weight is 959 g/mol. The van der Waals surface area contributed by atoms with E-state index >= 15 is 0 Å². The number of para-hydroxylation sites is 2. The van der Waals surface area contributed by atoms with E-state index in [0.29, 0.717) is 0 Å². The maximum atomic E-state index is 2.58. The Morgan fingerprint density at radius 3 is 1.00 bits per heavy atom. The SMILES string of the molecule is CC(C)(C)c1ccc2c(c1)c1cc(C(C)(C)C)ccc1n2-c1ccc2c3cc4c(cc3n3c5ccccc5c1c23)c1ccc(-n2c3ccc(C(C)(C)C)cc3c3ccc(C(C)(C)C)cc32)c2c3ccccc3n4c12. The molecule has 0 N–H and O–H groups in total. The van der Waals surface area contributed by atoms with Crippen molar-refractivity contribution in [3.05, 3.63) is 180 Å². The molecule has 0 unspecified atom stereocenters. The van der Waals surface area contributed by atoms with Crippen molar-refractivity contribution < 1.29 is 0 Å². The molecule has 6 heterocycles. The number of aromatic nitrogens is 4. The number of nitrogens with zero attached hydrogens (tertiary/aromatic N) is 4. The Morgan fingerprint density at radius 2 is 0.581 bits per heavy atom. The highest BCUT2D eigenvalue weighted by atomic mass is 15.0. The predicted octanol–water partition coefficient (Wildman–Crippen LogP) is 19.4. The van der Waals surface area contributed by atoms with Crippen LogP contribution < -0.4 is 0 Å². The van der Waals surface area contributed by atoms with Gasteiger partial charge >= 0.3 is 0 Å². The molecule has 0 radical (unpaired) electrons. The van der Waals surface area contributed by atoms with Crippen LogP contribution in [-0.4, -0.2) is 17.9 Å². The van der Waals surface area contributed by atoms with Crippen LogP contribution in [0.2, 0.25) is 0 Å². The van der Waals surface area contributed by atoms with E-state index in [4.69, 9.17) is 0 Å². The minimum Gasteiger partial charge on any atom is -0.309 e. The first-order valence-electron chi connectivity index (χ1n) is 26.8. The van der Waals surface area contributed by atoms with E-state index in [-0.39, 0.29) is 21.7 Å². The molecule has 0 atom stereocenters. The van der Waals surface area contributed by atoms with Gasteiger partial charge in [-0.3, -0.25) is 0 Å². The number of benzene rings is 9. The van der Waals surface area contributed by atoms with Crippen LogP contribution in [0.5, 0.6) is 0 Å². The number of hydrogen-bond donors (Lipinski definition) is 0. The van der Waals surface area contributed by atoms with Gasteiger partial charge in [0, 0.05) is 64.6 Å². The third-order valence-corrected chi connectivity index (χ3v) is 17.2. The Bertz CT molecular complexity index is 4840. The lowest BCUT2D eigenvalue weighted by Gasteiger charge is -2.19. The Hall–Kier alpha value is -7.82. The topological polar surface area (TPSA) is 18.7 Å². The molecule has 6 aromatic heterocycles. The molecule has 9 aromatic carbocycles. The maximum absolute atomic E-state index is 2.58. The third-order valence-electron chi connectivity index (χ3n) is 17.2. The summed E-state index contributed by atoms with van der Waals surface area (Å²) in [4.78, 5) is 0. The molecule has 4 nitrogen and oxygen atoms in total. The van der Waals surface area contributed by atoms with E-state index in [9.17, 15) is 0 Å². The summed E-state index contributed by atoms with van der Waals surface area (Å²) in [7, 11) is 0. The van der Waals surface area contributed by atoms with Gasteiger partial charge in [0.1, 0.15) is 0 Å². The van der Waals surface area contributed by atoms with Gasteiger partial charge in [-0.25, -0.2) is 0 Å². The van der Waals surface area contributed by atoms with Crippen molar-refractivity contribution in [2.75, 3.05) is 0 Å². The van der Waals surface area contributed by atoms with Gasteiger partial charge in [-0.15, -0.1) is 0 Å². The Labute approximate surface area is 431 Å². The fraction of sp³-hybridized carbons (Fsp3) is 0.229. The van der Waals surface area contributed by atoms with Gasteiger partial charge in [-0.05, 0) is 123 Å². The molecule has 15 rings (SSSR count). The van der Waals surface area contributed by atoms with Crippen LogP contribution in [0.3, 0.4) is 0 Å². The summed E-state index contributed by atoms with van der Waals surface area (Å²) < 4.78 is 10.3. The summed E-state index contributed by atoms with van der Waals surface area (Å²) in [5.41, 5.74) is 20.4. The summed E-state index contributed by atoms with van der Waals surface area (Å²) >= 11 is 0. The average Bonchev–Trinajstić information content (AvgIpc) is 4.19. The van der Waals surface area contributed by atoms with Crippen molar-refractivity contribution in [1.82, 2.24) is 17.9 Å². The Kier molecular flexibility index (Phi) is 8.31. The minimum atomic E-state index is 0.000988. The molecule has 74 heavy (non-hydrogen) atoms. The fourth-order valence-corrected chi connectivity index (χ4v) is 13.3. The second-order valence-corrected chi connectivity index (χ2v) is 25.9. The van der Waals surface area contributed by atoms with E-state index in [0.717, 1.165) is 0 Å². The summed E-state index contributed by atoms with van der Waals surface area (Å²) in [6.45, 7) is 27.9. The van der Waals surface area contributed by atoms with Gasteiger partial charge in [0.25, 0.3) is 0 Å². The number of fused-ring (bicyclic) bond motifs is 18. The first kappa shape index (κ1) is 43.7. The normalized spacial score (nSPS) is 13.7. The largest absolute Gasteiger partial charge is 0.309 e. The molecule has 0 saturated carbocycles. The minimum absolute atomic E-state index is 0.000988. The highest BCUT2D eigenvalue weighted by molar-refractivity contribution is 6.31. The van der Waals surface area contributed by atoms with Gasteiger partial charge in [0.15, 0.2) is 0 Å². The molecular formula is C70H62N4. The van der Waals surface area contributed by atoms with E-state index in [1.807, 2.05) is 0 Å². The van der Waals surface area contributed by atoms with Crippen LogP contribution in [-0.2, 0) is 21.7 Å². The zero-order chi connectivity index (χ0) is 50.9.